The van der Waals surface area contributed by atoms with E-state index in [1.165, 1.54) is 0 Å². The summed E-state index contributed by atoms with van der Waals surface area (Å²) in [6.07, 6.45) is 10.4. The van der Waals surface area contributed by atoms with Crippen molar-refractivity contribution in [2.45, 2.75) is 26.4 Å². The van der Waals surface area contributed by atoms with Crippen molar-refractivity contribution in [3.05, 3.63) is 229 Å². The Kier molecular flexibility index (Phi) is 13.1. The van der Waals surface area contributed by atoms with E-state index in [-0.39, 0.29) is 0 Å². The molecule has 8 heterocycles. The minimum Gasteiger partial charge on any atom is -0.489 e. The van der Waals surface area contributed by atoms with E-state index in [0.717, 1.165) is 45.0 Å². The third kappa shape index (κ3) is 11.0. The van der Waals surface area contributed by atoms with E-state index >= 15 is 0 Å². The van der Waals surface area contributed by atoms with Gasteiger partial charge in [-0.1, -0.05) is 72.8 Å². The summed E-state index contributed by atoms with van der Waals surface area (Å²) in [4.78, 5) is 36.7. The Hall–Kier alpha value is -9.16. The van der Waals surface area contributed by atoms with Gasteiger partial charge in [-0.25, -0.2) is 9.97 Å². The molecule has 0 aliphatic rings. The van der Waals surface area contributed by atoms with Crippen molar-refractivity contribution in [3.63, 3.8) is 0 Å². The number of pyridine rings is 8. The first-order chi connectivity index (χ1) is 33.6. The SMILES string of the molecule is c1ccc(-c2cc(OCc3ccc(COc4ccnc(-c5cc(OCc6ccc(COc7cc(-c8ccccn8)nc(-c8ccccn8)c7)cc6)ccn5)c4)cc3)cc(-c3ccccn3)n2)nc1. The molecule has 10 aromatic rings. The van der Waals surface area contributed by atoms with Gasteiger partial charge in [0.15, 0.2) is 0 Å². The predicted molar refractivity (Wildman–Crippen MR) is 259 cm³/mol. The molecule has 8 aromatic heterocycles. The van der Waals surface area contributed by atoms with Gasteiger partial charge in [-0.05, 0) is 82.9 Å². The van der Waals surface area contributed by atoms with Gasteiger partial charge >= 0.3 is 0 Å². The number of nitrogens with zero attached hydrogens (tertiary/aromatic N) is 8. The van der Waals surface area contributed by atoms with E-state index in [0.29, 0.717) is 83.6 Å². The Bertz CT molecular complexity index is 2890. The van der Waals surface area contributed by atoms with E-state index in [4.69, 9.17) is 28.9 Å². The zero-order valence-corrected chi connectivity index (χ0v) is 36.7. The van der Waals surface area contributed by atoms with Crippen LogP contribution in [0, 0.1) is 0 Å². The molecular formula is C56H42N8O4. The first-order valence-electron chi connectivity index (χ1n) is 21.9. The third-order valence-electron chi connectivity index (χ3n) is 10.7. The monoisotopic (exact) mass is 890 g/mol. The number of hydrogen-bond donors (Lipinski definition) is 0. The highest BCUT2D eigenvalue weighted by Gasteiger charge is 2.13. The summed E-state index contributed by atoms with van der Waals surface area (Å²) in [5.41, 5.74) is 11.3. The van der Waals surface area contributed by atoms with Crippen LogP contribution in [0.4, 0.5) is 0 Å². The second-order valence-corrected chi connectivity index (χ2v) is 15.5. The summed E-state index contributed by atoms with van der Waals surface area (Å²) >= 11 is 0. The molecule has 0 unspecified atom stereocenters. The molecule has 12 nitrogen and oxygen atoms in total. The van der Waals surface area contributed by atoms with E-state index < -0.39 is 0 Å². The second-order valence-electron chi connectivity index (χ2n) is 15.5. The predicted octanol–water partition coefficient (Wildman–Crippen LogP) is 11.5. The number of ether oxygens (including phenoxy) is 4. The smallest absolute Gasteiger partial charge is 0.124 e. The average molecular weight is 891 g/mol. The van der Waals surface area contributed by atoms with Gasteiger partial charge in [0.1, 0.15) is 49.4 Å². The van der Waals surface area contributed by atoms with Crippen LogP contribution < -0.4 is 18.9 Å². The lowest BCUT2D eigenvalue weighted by Crippen LogP contribution is -2.00. The van der Waals surface area contributed by atoms with Crippen LogP contribution in [0.15, 0.2) is 207 Å². The van der Waals surface area contributed by atoms with E-state index in [9.17, 15) is 0 Å². The summed E-state index contributed by atoms with van der Waals surface area (Å²) < 4.78 is 25.0. The lowest BCUT2D eigenvalue weighted by atomic mass is 10.1. The van der Waals surface area contributed by atoms with Gasteiger partial charge < -0.3 is 18.9 Å². The molecule has 12 heteroatoms. The van der Waals surface area contributed by atoms with Crippen molar-refractivity contribution in [1.82, 2.24) is 39.9 Å². The molecule has 0 fully saturated rings. The number of aromatic nitrogens is 8. The molecule has 2 aromatic carbocycles. The number of benzene rings is 2. The average Bonchev–Trinajstić information content (AvgIpc) is 3.42. The van der Waals surface area contributed by atoms with Crippen molar-refractivity contribution in [3.8, 4) is 79.9 Å². The molecule has 0 bridgehead atoms. The largest absolute Gasteiger partial charge is 0.489 e. The van der Waals surface area contributed by atoms with Gasteiger partial charge in [-0.2, -0.15) is 0 Å². The van der Waals surface area contributed by atoms with Crippen molar-refractivity contribution in [2.75, 3.05) is 0 Å². The minimum absolute atomic E-state index is 0.373. The van der Waals surface area contributed by atoms with E-state index in [1.807, 2.05) is 170 Å². The molecular weight excluding hydrogens is 849 g/mol. The Morgan fingerprint density at radius 2 is 0.500 bits per heavy atom. The van der Waals surface area contributed by atoms with Crippen molar-refractivity contribution < 1.29 is 18.9 Å². The molecule has 330 valence electrons. The van der Waals surface area contributed by atoms with Gasteiger partial charge in [0.2, 0.25) is 0 Å². The Labute approximate surface area is 393 Å². The summed E-state index contributed by atoms with van der Waals surface area (Å²) in [6.45, 7) is 1.50. The summed E-state index contributed by atoms with van der Waals surface area (Å²) in [5, 5.41) is 0. The zero-order valence-electron chi connectivity index (χ0n) is 36.7. The lowest BCUT2D eigenvalue weighted by molar-refractivity contribution is 0.302. The van der Waals surface area contributed by atoms with Crippen LogP contribution in [0.1, 0.15) is 22.3 Å². The van der Waals surface area contributed by atoms with Crippen LogP contribution in [0.5, 0.6) is 23.0 Å². The molecule has 10 rings (SSSR count). The van der Waals surface area contributed by atoms with Crippen molar-refractivity contribution in [2.24, 2.45) is 0 Å². The zero-order chi connectivity index (χ0) is 45.7. The highest BCUT2D eigenvalue weighted by molar-refractivity contribution is 5.66. The molecule has 0 amide bonds. The van der Waals surface area contributed by atoms with Gasteiger partial charge in [0, 0.05) is 73.6 Å². The highest BCUT2D eigenvalue weighted by Crippen LogP contribution is 2.30. The molecule has 0 aliphatic heterocycles. The fraction of sp³-hybridized carbons (Fsp3) is 0.0714. The Balaban J connectivity index is 0.723. The standard InChI is InChI=1S/C56H42N8O4/c1-5-23-57-47(9-1)53-31-45(32-54(63-53)48-10-2-6-24-58-48)67-37-41-17-13-39(14-18-41)35-65-43-21-27-61-51(29-43)52-30-44(22-28-62-52)66-36-40-15-19-42(20-16-40)38-68-46-33-55(49-11-3-7-25-59-49)64-56(34-46)50-12-4-8-26-60-50/h1-34H,35-38H2. The van der Waals surface area contributed by atoms with E-state index in [1.54, 1.807) is 37.2 Å². The fourth-order valence-electron chi connectivity index (χ4n) is 7.17. The molecule has 68 heavy (non-hydrogen) atoms. The number of hydrogen-bond acceptors (Lipinski definition) is 12. The molecule has 0 atom stereocenters. The van der Waals surface area contributed by atoms with E-state index in [2.05, 4.69) is 29.9 Å². The molecule has 0 saturated carbocycles. The lowest BCUT2D eigenvalue weighted by Gasteiger charge is -2.12. The van der Waals surface area contributed by atoms with Crippen molar-refractivity contribution in [1.29, 1.82) is 0 Å². The first kappa shape index (κ1) is 42.8. The fourth-order valence-corrected chi connectivity index (χ4v) is 7.17. The van der Waals surface area contributed by atoms with Crippen LogP contribution >= 0.6 is 0 Å². The molecule has 0 aliphatic carbocycles. The summed E-state index contributed by atoms with van der Waals surface area (Å²) in [5.74, 6) is 2.71. The van der Waals surface area contributed by atoms with Crippen LogP contribution in [-0.2, 0) is 26.4 Å². The molecule has 0 N–H and O–H groups in total. The highest BCUT2D eigenvalue weighted by atomic mass is 16.5. The topological polar surface area (TPSA) is 140 Å². The van der Waals surface area contributed by atoms with Crippen LogP contribution in [0.3, 0.4) is 0 Å². The number of rotatable bonds is 17. The van der Waals surface area contributed by atoms with Gasteiger partial charge in [0.05, 0.1) is 56.9 Å². The Morgan fingerprint density at radius 3 is 0.779 bits per heavy atom. The molecule has 0 saturated heterocycles. The van der Waals surface area contributed by atoms with Crippen LogP contribution in [0.25, 0.3) is 56.9 Å². The molecule has 0 spiro atoms. The summed E-state index contributed by atoms with van der Waals surface area (Å²) in [7, 11) is 0. The van der Waals surface area contributed by atoms with Crippen molar-refractivity contribution >= 4 is 0 Å². The van der Waals surface area contributed by atoms with Crippen LogP contribution in [-0.4, -0.2) is 39.9 Å². The molecule has 0 radical (unpaired) electrons. The maximum atomic E-state index is 6.28. The quantitative estimate of drug-likeness (QED) is 0.0859. The van der Waals surface area contributed by atoms with Crippen LogP contribution in [0.2, 0.25) is 0 Å². The normalized spacial score (nSPS) is 10.9. The maximum absolute atomic E-state index is 6.28. The van der Waals surface area contributed by atoms with Gasteiger partial charge in [0.25, 0.3) is 0 Å². The minimum atomic E-state index is 0.373. The third-order valence-corrected chi connectivity index (χ3v) is 10.7. The Morgan fingerprint density at radius 1 is 0.235 bits per heavy atom. The second kappa shape index (κ2) is 20.8. The van der Waals surface area contributed by atoms with Gasteiger partial charge in [-0.15, -0.1) is 0 Å². The first-order valence-corrected chi connectivity index (χ1v) is 21.9. The maximum Gasteiger partial charge on any atom is 0.124 e. The summed E-state index contributed by atoms with van der Waals surface area (Å²) in [6, 6.07) is 54.4. The van der Waals surface area contributed by atoms with Gasteiger partial charge in [-0.3, -0.25) is 29.9 Å².